The molecule has 1 aliphatic carbocycles. The van der Waals surface area contributed by atoms with Crippen LogP contribution in [0.4, 0.5) is 0 Å². The molecule has 2 rings (SSSR count). The lowest BCUT2D eigenvalue weighted by Gasteiger charge is -2.10. The summed E-state index contributed by atoms with van der Waals surface area (Å²) < 4.78 is 4.92. The van der Waals surface area contributed by atoms with E-state index in [4.69, 9.17) is 4.74 Å². The third kappa shape index (κ3) is 0.646. The molecule has 2 aliphatic rings. The van der Waals surface area contributed by atoms with Crippen molar-refractivity contribution in [2.75, 3.05) is 0 Å². The molecule has 3 nitrogen and oxygen atoms in total. The van der Waals surface area contributed by atoms with Gasteiger partial charge in [-0.1, -0.05) is 0 Å². The summed E-state index contributed by atoms with van der Waals surface area (Å²) in [4.78, 5) is 10.9. The van der Waals surface area contributed by atoms with E-state index in [1.54, 1.807) is 6.92 Å². The molecule has 0 bridgehead atoms. The van der Waals surface area contributed by atoms with Gasteiger partial charge in [0.2, 0.25) is 0 Å². The number of carbonyl (C=O) groups is 1. The van der Waals surface area contributed by atoms with Crippen LogP contribution in [0, 0.1) is 0 Å². The lowest BCUT2D eigenvalue weighted by Crippen LogP contribution is -2.26. The van der Waals surface area contributed by atoms with Gasteiger partial charge < -0.3 is 9.84 Å². The van der Waals surface area contributed by atoms with Gasteiger partial charge in [-0.3, -0.25) is 4.79 Å². The number of carbonyl (C=O) groups excluding carboxylic acids is 1. The molecule has 10 heavy (non-hydrogen) atoms. The van der Waals surface area contributed by atoms with E-state index in [-0.39, 0.29) is 18.0 Å². The number of aliphatic hydroxyl groups excluding tert-OH is 1. The number of fused-ring (bicyclic) bond motifs is 1. The Morgan fingerprint density at radius 3 is 3.10 bits per heavy atom. The maximum atomic E-state index is 10.9. The SMILES string of the molecule is CC1=CC(=O)C2O[C@H]2C1O. The molecule has 1 fully saturated rings. The Morgan fingerprint density at radius 2 is 2.40 bits per heavy atom. The smallest absolute Gasteiger partial charge is 0.187 e. The Balaban J connectivity index is 2.30. The Kier molecular flexibility index (Phi) is 1.02. The van der Waals surface area contributed by atoms with E-state index >= 15 is 0 Å². The first-order valence-electron chi connectivity index (χ1n) is 3.26. The number of ketones is 1. The van der Waals surface area contributed by atoms with Gasteiger partial charge in [-0.15, -0.1) is 0 Å². The molecule has 1 heterocycles. The van der Waals surface area contributed by atoms with E-state index < -0.39 is 6.10 Å². The maximum Gasteiger partial charge on any atom is 0.187 e. The zero-order valence-electron chi connectivity index (χ0n) is 5.57. The zero-order valence-corrected chi connectivity index (χ0v) is 5.57. The van der Waals surface area contributed by atoms with Crippen LogP contribution in [0.5, 0.6) is 0 Å². The molecule has 0 radical (unpaired) electrons. The summed E-state index contributed by atoms with van der Waals surface area (Å²) in [6, 6.07) is 0. The fourth-order valence-electron chi connectivity index (χ4n) is 1.24. The molecule has 1 N–H and O–H groups in total. The average Bonchev–Trinajstić information content (AvgIpc) is 2.61. The van der Waals surface area contributed by atoms with Crippen molar-refractivity contribution in [3.63, 3.8) is 0 Å². The fourth-order valence-corrected chi connectivity index (χ4v) is 1.24. The van der Waals surface area contributed by atoms with Crippen LogP contribution in [0.2, 0.25) is 0 Å². The summed E-state index contributed by atoms with van der Waals surface area (Å²) in [7, 11) is 0. The van der Waals surface area contributed by atoms with Gasteiger partial charge in [0, 0.05) is 0 Å². The largest absolute Gasteiger partial charge is 0.386 e. The molecule has 0 aromatic heterocycles. The monoisotopic (exact) mass is 140 g/mol. The minimum atomic E-state index is -0.553. The van der Waals surface area contributed by atoms with Crippen molar-refractivity contribution in [1.29, 1.82) is 0 Å². The first-order valence-corrected chi connectivity index (χ1v) is 3.26. The maximum absolute atomic E-state index is 10.9. The second-order valence-corrected chi connectivity index (χ2v) is 2.76. The van der Waals surface area contributed by atoms with Gasteiger partial charge in [-0.2, -0.15) is 0 Å². The van der Waals surface area contributed by atoms with E-state index in [2.05, 4.69) is 0 Å². The molecule has 54 valence electrons. The second-order valence-electron chi connectivity index (χ2n) is 2.76. The van der Waals surface area contributed by atoms with E-state index in [0.717, 1.165) is 0 Å². The number of aliphatic hydroxyl groups is 1. The molecule has 1 aliphatic heterocycles. The van der Waals surface area contributed by atoms with Crippen LogP contribution in [0.1, 0.15) is 6.92 Å². The van der Waals surface area contributed by atoms with E-state index in [1.165, 1.54) is 6.08 Å². The van der Waals surface area contributed by atoms with Gasteiger partial charge >= 0.3 is 0 Å². The fraction of sp³-hybridized carbons (Fsp3) is 0.571. The number of hydrogen-bond acceptors (Lipinski definition) is 3. The second kappa shape index (κ2) is 1.68. The Hall–Kier alpha value is -0.670. The molecular formula is C7H8O3. The van der Waals surface area contributed by atoms with Crippen LogP contribution in [0.25, 0.3) is 0 Å². The first kappa shape index (κ1) is 6.07. The lowest BCUT2D eigenvalue weighted by molar-refractivity contribution is -0.116. The van der Waals surface area contributed by atoms with Crippen molar-refractivity contribution < 1.29 is 14.6 Å². The van der Waals surface area contributed by atoms with E-state index in [1.807, 2.05) is 0 Å². The van der Waals surface area contributed by atoms with Crippen LogP contribution in [-0.2, 0) is 9.53 Å². The van der Waals surface area contributed by atoms with Crippen LogP contribution < -0.4 is 0 Å². The molecule has 0 aromatic rings. The van der Waals surface area contributed by atoms with Crippen molar-refractivity contribution >= 4 is 5.78 Å². The molecule has 3 heteroatoms. The van der Waals surface area contributed by atoms with Gasteiger partial charge in [0.25, 0.3) is 0 Å². The summed E-state index contributed by atoms with van der Waals surface area (Å²) in [5.41, 5.74) is 0.712. The number of hydrogen-bond donors (Lipinski definition) is 1. The van der Waals surface area contributed by atoms with Gasteiger partial charge in [0.1, 0.15) is 18.3 Å². The molecule has 0 saturated carbocycles. The predicted octanol–water partition coefficient (Wildman–Crippen LogP) is -0.356. The zero-order chi connectivity index (χ0) is 7.30. The Morgan fingerprint density at radius 1 is 1.70 bits per heavy atom. The number of epoxide rings is 1. The van der Waals surface area contributed by atoms with Crippen molar-refractivity contribution in [2.24, 2.45) is 0 Å². The van der Waals surface area contributed by atoms with Crippen LogP contribution in [-0.4, -0.2) is 29.2 Å². The van der Waals surface area contributed by atoms with Crippen molar-refractivity contribution in [3.8, 4) is 0 Å². The van der Waals surface area contributed by atoms with Gasteiger partial charge in [-0.25, -0.2) is 0 Å². The normalized spacial score (nSPS) is 44.4. The molecule has 2 unspecified atom stereocenters. The average molecular weight is 140 g/mol. The molecule has 0 aromatic carbocycles. The highest BCUT2D eigenvalue weighted by Crippen LogP contribution is 2.33. The topological polar surface area (TPSA) is 49.8 Å². The van der Waals surface area contributed by atoms with Crippen LogP contribution in [0.15, 0.2) is 11.6 Å². The summed E-state index contributed by atoms with van der Waals surface area (Å²) >= 11 is 0. The molecule has 1 saturated heterocycles. The quantitative estimate of drug-likeness (QED) is 0.467. The number of ether oxygens (including phenoxy) is 1. The van der Waals surface area contributed by atoms with Crippen molar-refractivity contribution in [3.05, 3.63) is 11.6 Å². The van der Waals surface area contributed by atoms with Crippen molar-refractivity contribution in [1.82, 2.24) is 0 Å². The van der Waals surface area contributed by atoms with E-state index in [9.17, 15) is 9.90 Å². The Labute approximate surface area is 58.3 Å². The van der Waals surface area contributed by atoms with Gasteiger partial charge in [-0.05, 0) is 18.6 Å². The van der Waals surface area contributed by atoms with E-state index in [0.29, 0.717) is 5.57 Å². The van der Waals surface area contributed by atoms with Crippen LogP contribution >= 0.6 is 0 Å². The minimum absolute atomic E-state index is 0.00667. The first-order chi connectivity index (χ1) is 4.70. The highest BCUT2D eigenvalue weighted by Gasteiger charge is 2.51. The summed E-state index contributed by atoms with van der Waals surface area (Å²) in [6.45, 7) is 1.74. The summed E-state index contributed by atoms with van der Waals surface area (Å²) in [6.07, 6.45) is 0.331. The third-order valence-electron chi connectivity index (χ3n) is 1.95. The van der Waals surface area contributed by atoms with Crippen molar-refractivity contribution in [2.45, 2.75) is 25.2 Å². The molecule has 0 spiro atoms. The highest BCUT2D eigenvalue weighted by molar-refractivity contribution is 5.97. The molecule has 3 atom stereocenters. The highest BCUT2D eigenvalue weighted by atomic mass is 16.6. The van der Waals surface area contributed by atoms with Gasteiger partial charge in [0.05, 0.1) is 0 Å². The van der Waals surface area contributed by atoms with Gasteiger partial charge in [0.15, 0.2) is 5.78 Å². The molecule has 0 amide bonds. The standard InChI is InChI=1S/C7H8O3/c1-3-2-4(8)6-7(10-6)5(3)9/h2,5-7,9H,1H3/t5?,6?,7-/m0/s1. The summed E-state index contributed by atoms with van der Waals surface area (Å²) in [5, 5.41) is 9.26. The minimum Gasteiger partial charge on any atom is -0.386 e. The third-order valence-corrected chi connectivity index (χ3v) is 1.95. The summed E-state index contributed by atoms with van der Waals surface area (Å²) in [5.74, 6) is -0.00667. The molecular weight excluding hydrogens is 132 g/mol. The van der Waals surface area contributed by atoms with Crippen LogP contribution in [0.3, 0.4) is 0 Å². The predicted molar refractivity (Wildman–Crippen MR) is 33.4 cm³/mol. The number of rotatable bonds is 0. The Bertz CT molecular complexity index is 219. The lowest BCUT2D eigenvalue weighted by atomic mass is 9.97.